The molecule has 0 aliphatic carbocycles. The predicted molar refractivity (Wildman–Crippen MR) is 30.7 cm³/mol. The van der Waals surface area contributed by atoms with Crippen LogP contribution in [0.2, 0.25) is 0 Å². The Kier molecular flexibility index (Phi) is 15.0. The Morgan fingerprint density at radius 2 is 1.29 bits per heavy atom. The Bertz CT molecular complexity index is 102. The van der Waals surface area contributed by atoms with Gasteiger partial charge in [0.05, 0.1) is 0 Å². The summed E-state index contributed by atoms with van der Waals surface area (Å²) in [6.45, 7) is 0. The van der Waals surface area contributed by atoms with Gasteiger partial charge in [-0.2, -0.15) is 8.42 Å². The first-order valence-electron chi connectivity index (χ1n) is 0.698. The Balaban J connectivity index is -0.0000000133. The van der Waals surface area contributed by atoms with Gasteiger partial charge in [-0.1, -0.05) is 0 Å². The van der Waals surface area contributed by atoms with Crippen LogP contribution in [0.15, 0.2) is 0 Å². The van der Waals surface area contributed by atoms with Gasteiger partial charge in [0, 0.05) is 0 Å². The molecular weight excluding hydrogens is 441 g/mol. The van der Waals surface area contributed by atoms with E-state index in [9.17, 15) is 0 Å². The van der Waals surface area contributed by atoms with Gasteiger partial charge in [0.1, 0.15) is 0 Å². The molecule has 2 radical (unpaired) electrons. The van der Waals surface area contributed by atoms with E-state index < -0.39 is 10.4 Å². The Labute approximate surface area is 105 Å². The van der Waals surface area contributed by atoms with E-state index in [2.05, 4.69) is 0 Å². The topological polar surface area (TPSA) is 74.6 Å². The maximum absolute atomic E-state index is 8.74. The fraction of sp³-hybridized carbons (Fsp3) is 0. The van der Waals surface area contributed by atoms with Crippen LogP contribution < -0.4 is 0 Å². The van der Waals surface area contributed by atoms with Crippen LogP contribution in [0.1, 0.15) is 2.85 Å². The van der Waals surface area contributed by atoms with Crippen LogP contribution in [0.4, 0.5) is 0 Å². The van der Waals surface area contributed by atoms with Crippen molar-refractivity contribution >= 4 is 86.6 Å². The van der Waals surface area contributed by atoms with Crippen LogP contribution >= 0.6 is 0 Å². The zero-order valence-electron chi connectivity index (χ0n) is 5.53. The van der Waals surface area contributed by atoms with Crippen LogP contribution in [0.5, 0.6) is 0 Å². The molecule has 7 heavy (non-hydrogen) atoms. The summed E-state index contributed by atoms with van der Waals surface area (Å²) in [4.78, 5) is 0. The third kappa shape index (κ3) is 60.6. The number of rotatable bonds is 0. The van der Waals surface area contributed by atoms with Crippen molar-refractivity contribution in [2.24, 2.45) is 0 Å². The van der Waals surface area contributed by atoms with Crippen molar-refractivity contribution in [3.05, 3.63) is 0 Å². The monoisotopic (exact) mass is 448 g/mol. The van der Waals surface area contributed by atoms with E-state index in [-0.39, 0.29) is 79.0 Å². The molecule has 0 aromatic carbocycles. The van der Waals surface area contributed by atoms with E-state index in [1.54, 1.807) is 0 Å². The summed E-state index contributed by atoms with van der Waals surface area (Å²) in [6, 6.07) is 0. The minimum absolute atomic E-state index is 0. The molecule has 0 bridgehead atoms. The number of hydrogen-bond donors (Lipinski definition) is 2. The maximum atomic E-state index is 8.74. The predicted octanol–water partition coefficient (Wildman–Crippen LogP) is -1.72. The fourth-order valence-corrected chi connectivity index (χ4v) is 0. The molecule has 0 aromatic heterocycles. The Morgan fingerprint density at radius 3 is 1.29 bits per heavy atom. The van der Waals surface area contributed by atoms with Crippen molar-refractivity contribution < 1.29 is 20.4 Å². The normalized spacial score (nSPS) is 8.29. The third-order valence-electron chi connectivity index (χ3n) is 0. The first-order chi connectivity index (χ1) is 2.00. The molecule has 0 saturated heterocycles. The molecule has 0 amide bonds. The second kappa shape index (κ2) is 6.48. The van der Waals surface area contributed by atoms with E-state index in [1.807, 2.05) is 0 Å². The van der Waals surface area contributed by atoms with E-state index in [1.165, 1.54) is 0 Å². The van der Waals surface area contributed by atoms with Gasteiger partial charge in [0.2, 0.25) is 0 Å². The van der Waals surface area contributed by atoms with Crippen LogP contribution in [0.25, 0.3) is 0 Å². The quantitative estimate of drug-likeness (QED) is 0.343. The summed E-state index contributed by atoms with van der Waals surface area (Å²) >= 11 is 0. The molecule has 0 rings (SSSR count). The van der Waals surface area contributed by atoms with E-state index in [0.717, 1.165) is 0 Å². The summed E-state index contributed by atoms with van der Waals surface area (Å²) in [7, 11) is -4.67. The first kappa shape index (κ1) is 16.2. The molecule has 0 heterocycles. The van der Waals surface area contributed by atoms with Gasteiger partial charge in [-0.05, 0) is 0 Å². The van der Waals surface area contributed by atoms with Crippen molar-refractivity contribution in [1.29, 1.82) is 0 Å². The standard InChI is InChI=1S/Ba.H2O4S.Pb.4H/c;1-5(2,3)4;;;;;/h;(H2,1,2,3,4);;;;;/q+2;;;;;2*-1. The molecule has 0 saturated carbocycles. The van der Waals surface area contributed by atoms with Gasteiger partial charge < -0.3 is 2.85 Å². The van der Waals surface area contributed by atoms with E-state index in [0.29, 0.717) is 0 Å². The van der Waals surface area contributed by atoms with Crippen molar-refractivity contribution in [3.63, 3.8) is 0 Å². The number of hydrogen-bond acceptors (Lipinski definition) is 2. The van der Waals surface area contributed by atoms with E-state index in [4.69, 9.17) is 17.5 Å². The summed E-state index contributed by atoms with van der Waals surface area (Å²) in [5.41, 5.74) is 0. The van der Waals surface area contributed by atoms with Gasteiger partial charge >= 0.3 is 86.6 Å². The summed E-state index contributed by atoms with van der Waals surface area (Å²) in [5, 5.41) is 0. The summed E-state index contributed by atoms with van der Waals surface area (Å²) < 4.78 is 31.6. The van der Waals surface area contributed by atoms with Crippen molar-refractivity contribution in [2.45, 2.75) is 0 Å². The van der Waals surface area contributed by atoms with Gasteiger partial charge in [-0.3, -0.25) is 9.11 Å². The summed E-state index contributed by atoms with van der Waals surface area (Å²) in [5.74, 6) is 0. The zero-order chi connectivity index (χ0) is 4.50. The van der Waals surface area contributed by atoms with Gasteiger partial charge in [0.15, 0.2) is 0 Å². The molecule has 0 unspecified atom stereocenters. The molecule has 42 valence electrons. The molecule has 0 aliphatic heterocycles. The average molecular weight is 447 g/mol. The fourth-order valence-electron chi connectivity index (χ4n) is 0. The second-order valence-corrected chi connectivity index (χ2v) is 1.34. The molecule has 0 aliphatic rings. The van der Waals surface area contributed by atoms with Crippen LogP contribution in [-0.2, 0) is 10.4 Å². The van der Waals surface area contributed by atoms with Gasteiger partial charge in [-0.15, -0.1) is 0 Å². The van der Waals surface area contributed by atoms with Crippen LogP contribution in [-0.4, -0.2) is 93.7 Å². The van der Waals surface area contributed by atoms with Crippen LogP contribution in [0, 0.1) is 0 Å². The second-order valence-electron chi connectivity index (χ2n) is 0.448. The third-order valence-corrected chi connectivity index (χ3v) is 0. The minimum atomic E-state index is -4.67. The molecule has 0 fully saturated rings. The van der Waals surface area contributed by atoms with Crippen molar-refractivity contribution in [1.82, 2.24) is 0 Å². The SMILES string of the molecule is O=S(=O)(O)O.[Ba+2].[H-].[H-].[PbH2]. The molecule has 0 aromatic rings. The molecule has 7 heteroatoms. The van der Waals surface area contributed by atoms with Crippen molar-refractivity contribution in [2.75, 3.05) is 0 Å². The van der Waals surface area contributed by atoms with Crippen LogP contribution in [0.3, 0.4) is 0 Å². The molecule has 0 spiro atoms. The van der Waals surface area contributed by atoms with Gasteiger partial charge in [-0.25, -0.2) is 0 Å². The summed E-state index contributed by atoms with van der Waals surface area (Å²) in [6.07, 6.45) is 0. The molecular formula is H6BaO4PbS. The molecule has 2 N–H and O–H groups in total. The molecule has 4 nitrogen and oxygen atoms in total. The van der Waals surface area contributed by atoms with E-state index >= 15 is 0 Å². The Morgan fingerprint density at radius 1 is 1.29 bits per heavy atom. The van der Waals surface area contributed by atoms with Crippen molar-refractivity contribution in [3.8, 4) is 0 Å². The zero-order valence-corrected chi connectivity index (χ0v) is 14.3. The Hall–Kier alpha value is 2.36. The first-order valence-corrected chi connectivity index (χ1v) is 2.10. The van der Waals surface area contributed by atoms with Gasteiger partial charge in [0.25, 0.3) is 0 Å². The molecule has 0 atom stereocenters. The average Bonchev–Trinajstić information content (AvgIpc) is 0.722.